The Balaban J connectivity index is 1.52. The van der Waals surface area contributed by atoms with E-state index in [4.69, 9.17) is 0 Å². The van der Waals surface area contributed by atoms with Crippen LogP contribution in [0.2, 0.25) is 0 Å². The highest BCUT2D eigenvalue weighted by molar-refractivity contribution is 6.25. The smallest absolute Gasteiger partial charge is 0.00206 e. The molecular weight excluding hydrogens is 338 g/mol. The topological polar surface area (TPSA) is 12.0 Å². The zero-order chi connectivity index (χ0) is 18.5. The lowest BCUT2D eigenvalue weighted by molar-refractivity contribution is 0.460. The van der Waals surface area contributed by atoms with E-state index in [1.54, 1.807) is 0 Å². The van der Waals surface area contributed by atoms with Crippen molar-refractivity contribution in [3.63, 3.8) is 0 Å². The van der Waals surface area contributed by atoms with Gasteiger partial charge in [0, 0.05) is 0 Å². The molecule has 0 amide bonds. The minimum absolute atomic E-state index is 0.705. The number of hydrogen-bond donors (Lipinski definition) is 1. The molecule has 1 heterocycles. The maximum atomic E-state index is 3.47. The lowest BCUT2D eigenvalue weighted by Gasteiger charge is -2.23. The first-order valence-corrected chi connectivity index (χ1v) is 10.4. The molecule has 0 atom stereocenters. The van der Waals surface area contributed by atoms with Crippen LogP contribution in [0.25, 0.3) is 43.4 Å². The molecule has 1 aliphatic rings. The van der Waals surface area contributed by atoms with Gasteiger partial charge in [0.1, 0.15) is 0 Å². The number of hydrogen-bond acceptors (Lipinski definition) is 1. The predicted octanol–water partition coefficient (Wildman–Crippen LogP) is 6.72. The molecule has 1 nitrogen and oxygen atoms in total. The SMILES string of the molecule is c1cc2ccc3ccc(-c4ccc(C5CCNCC5)cc4)c4ccc(c1)c2c34. The molecule has 0 saturated carbocycles. The molecule has 0 spiro atoms. The molecule has 0 aromatic heterocycles. The minimum Gasteiger partial charge on any atom is -0.317 e. The van der Waals surface area contributed by atoms with Gasteiger partial charge in [0.15, 0.2) is 0 Å². The molecule has 1 N–H and O–H groups in total. The van der Waals surface area contributed by atoms with Gasteiger partial charge in [-0.25, -0.2) is 0 Å². The van der Waals surface area contributed by atoms with E-state index in [-0.39, 0.29) is 0 Å². The number of nitrogens with one attached hydrogen (secondary N) is 1. The molecule has 136 valence electrons. The average molecular weight is 361 g/mol. The lowest BCUT2D eigenvalue weighted by atomic mass is 9.87. The number of piperidine rings is 1. The van der Waals surface area contributed by atoms with Crippen LogP contribution < -0.4 is 5.32 Å². The molecule has 0 unspecified atom stereocenters. The van der Waals surface area contributed by atoms with E-state index >= 15 is 0 Å². The van der Waals surface area contributed by atoms with Crippen LogP contribution in [0.4, 0.5) is 0 Å². The molecular formula is C27H23N. The van der Waals surface area contributed by atoms with Crippen LogP contribution in [-0.4, -0.2) is 13.1 Å². The highest BCUT2D eigenvalue weighted by Crippen LogP contribution is 2.39. The Morgan fingerprint density at radius 2 is 1.25 bits per heavy atom. The van der Waals surface area contributed by atoms with Crippen molar-refractivity contribution in [3.8, 4) is 11.1 Å². The van der Waals surface area contributed by atoms with Crippen molar-refractivity contribution in [2.75, 3.05) is 13.1 Å². The van der Waals surface area contributed by atoms with Crippen LogP contribution in [-0.2, 0) is 0 Å². The van der Waals surface area contributed by atoms with Gasteiger partial charge in [0.25, 0.3) is 0 Å². The largest absolute Gasteiger partial charge is 0.317 e. The molecule has 0 bridgehead atoms. The summed E-state index contributed by atoms with van der Waals surface area (Å²) in [6, 6.07) is 29.6. The predicted molar refractivity (Wildman–Crippen MR) is 120 cm³/mol. The first-order chi connectivity index (χ1) is 13.9. The normalized spacial score (nSPS) is 15.7. The second kappa shape index (κ2) is 6.32. The van der Waals surface area contributed by atoms with Gasteiger partial charge >= 0.3 is 0 Å². The quantitative estimate of drug-likeness (QED) is 0.344. The molecule has 1 fully saturated rings. The Hall–Kier alpha value is -2.90. The molecule has 0 radical (unpaired) electrons. The Kier molecular flexibility index (Phi) is 3.63. The Morgan fingerprint density at radius 3 is 2.00 bits per heavy atom. The van der Waals surface area contributed by atoms with Crippen LogP contribution >= 0.6 is 0 Å². The fraction of sp³-hybridized carbons (Fsp3) is 0.185. The fourth-order valence-electron chi connectivity index (χ4n) is 5.08. The zero-order valence-corrected chi connectivity index (χ0v) is 15.9. The summed E-state index contributed by atoms with van der Waals surface area (Å²) in [5.41, 5.74) is 4.14. The third-order valence-corrected chi connectivity index (χ3v) is 6.56. The van der Waals surface area contributed by atoms with E-state index in [9.17, 15) is 0 Å². The van der Waals surface area contributed by atoms with Crippen molar-refractivity contribution >= 4 is 32.3 Å². The van der Waals surface area contributed by atoms with Gasteiger partial charge in [0.05, 0.1) is 0 Å². The summed E-state index contributed by atoms with van der Waals surface area (Å²) in [6.07, 6.45) is 2.50. The molecule has 0 aliphatic carbocycles. The standard InChI is InChI=1S/C27H23N/c1-2-21-8-9-23-10-12-24(25-13-11-22(3-1)26(21)27(23)25)20-6-4-18(5-7-20)19-14-16-28-17-15-19/h1-13,19,28H,14-17H2. The van der Waals surface area contributed by atoms with Crippen molar-refractivity contribution in [1.29, 1.82) is 0 Å². The molecule has 1 saturated heterocycles. The highest BCUT2D eigenvalue weighted by atomic mass is 14.9. The van der Waals surface area contributed by atoms with Crippen molar-refractivity contribution in [1.82, 2.24) is 5.32 Å². The zero-order valence-electron chi connectivity index (χ0n) is 15.9. The summed E-state index contributed by atoms with van der Waals surface area (Å²) in [4.78, 5) is 0. The summed E-state index contributed by atoms with van der Waals surface area (Å²) >= 11 is 0. The maximum absolute atomic E-state index is 3.47. The van der Waals surface area contributed by atoms with Crippen LogP contribution in [0.15, 0.2) is 78.9 Å². The number of rotatable bonds is 2. The molecule has 5 aromatic rings. The van der Waals surface area contributed by atoms with E-state index in [1.807, 2.05) is 0 Å². The molecule has 6 rings (SSSR count). The van der Waals surface area contributed by atoms with Crippen molar-refractivity contribution in [2.45, 2.75) is 18.8 Å². The lowest BCUT2D eigenvalue weighted by Crippen LogP contribution is -2.26. The molecule has 28 heavy (non-hydrogen) atoms. The van der Waals surface area contributed by atoms with E-state index in [0.717, 1.165) is 13.1 Å². The maximum Gasteiger partial charge on any atom is -0.00206 e. The third kappa shape index (κ3) is 2.43. The summed E-state index contributed by atoms with van der Waals surface area (Å²) in [5, 5.41) is 11.6. The van der Waals surface area contributed by atoms with Crippen LogP contribution in [0.3, 0.4) is 0 Å². The number of benzene rings is 5. The van der Waals surface area contributed by atoms with Gasteiger partial charge in [-0.3, -0.25) is 0 Å². The first kappa shape index (κ1) is 16.1. The summed E-state index contributed by atoms with van der Waals surface area (Å²) in [7, 11) is 0. The fourth-order valence-corrected chi connectivity index (χ4v) is 5.08. The van der Waals surface area contributed by atoms with Gasteiger partial charge < -0.3 is 5.32 Å². The third-order valence-electron chi connectivity index (χ3n) is 6.56. The van der Waals surface area contributed by atoms with Gasteiger partial charge in [-0.15, -0.1) is 0 Å². The summed E-state index contributed by atoms with van der Waals surface area (Å²) in [6.45, 7) is 2.28. The van der Waals surface area contributed by atoms with Crippen molar-refractivity contribution < 1.29 is 0 Å². The molecule has 5 aromatic carbocycles. The van der Waals surface area contributed by atoms with Gasteiger partial charge in [-0.05, 0) is 80.9 Å². The molecule has 1 aliphatic heterocycles. The monoisotopic (exact) mass is 361 g/mol. The Labute approximate surface area is 165 Å². The van der Waals surface area contributed by atoms with E-state index < -0.39 is 0 Å². The first-order valence-electron chi connectivity index (χ1n) is 10.4. The van der Waals surface area contributed by atoms with Gasteiger partial charge in [-0.1, -0.05) is 78.9 Å². The van der Waals surface area contributed by atoms with Crippen LogP contribution in [0, 0.1) is 0 Å². The van der Waals surface area contributed by atoms with Crippen molar-refractivity contribution in [3.05, 3.63) is 84.4 Å². The highest BCUT2D eigenvalue weighted by Gasteiger charge is 2.16. The average Bonchev–Trinajstić information content (AvgIpc) is 2.78. The Morgan fingerprint density at radius 1 is 0.607 bits per heavy atom. The molecule has 1 heteroatoms. The second-order valence-electron chi connectivity index (χ2n) is 8.12. The van der Waals surface area contributed by atoms with Gasteiger partial charge in [0.2, 0.25) is 0 Å². The van der Waals surface area contributed by atoms with Crippen LogP contribution in [0.1, 0.15) is 24.3 Å². The van der Waals surface area contributed by atoms with E-state index in [2.05, 4.69) is 84.2 Å². The van der Waals surface area contributed by atoms with Crippen molar-refractivity contribution in [2.24, 2.45) is 0 Å². The van der Waals surface area contributed by atoms with E-state index in [1.165, 1.54) is 61.8 Å². The second-order valence-corrected chi connectivity index (χ2v) is 8.12. The minimum atomic E-state index is 0.705. The Bertz CT molecular complexity index is 1260. The summed E-state index contributed by atoms with van der Waals surface area (Å²) in [5.74, 6) is 0.705. The van der Waals surface area contributed by atoms with Crippen LogP contribution in [0.5, 0.6) is 0 Å². The van der Waals surface area contributed by atoms with Gasteiger partial charge in [-0.2, -0.15) is 0 Å². The van der Waals surface area contributed by atoms with E-state index in [0.29, 0.717) is 5.92 Å². The summed E-state index contributed by atoms with van der Waals surface area (Å²) < 4.78 is 0.